The molecule has 0 bridgehead atoms. The van der Waals surface area contributed by atoms with Gasteiger partial charge in [-0.25, -0.2) is 0 Å². The molecule has 0 unspecified atom stereocenters. The molecule has 0 aliphatic carbocycles. The third-order valence-corrected chi connectivity index (χ3v) is 43.7. The van der Waals surface area contributed by atoms with E-state index in [0.717, 1.165) is 0 Å². The van der Waals surface area contributed by atoms with Crippen LogP contribution in [-0.4, -0.2) is 0 Å². The third kappa shape index (κ3) is 4.72. The molecule has 0 nitrogen and oxygen atoms in total. The summed E-state index contributed by atoms with van der Waals surface area (Å²) in [5.41, 5.74) is -5.53. The molecule has 40 heavy (non-hydrogen) atoms. The topological polar surface area (TPSA) is 0 Å². The van der Waals surface area contributed by atoms with Gasteiger partial charge in [0.1, 0.15) is 0 Å². The van der Waals surface area contributed by atoms with E-state index in [2.05, 4.69) is 182 Å². The first-order valence-electron chi connectivity index (χ1n) is 13.4. The molecule has 0 heterocycles. The van der Waals surface area contributed by atoms with Crippen molar-refractivity contribution in [2.75, 3.05) is 0 Å². The molecule has 0 fully saturated rings. The quantitative estimate of drug-likeness (QED) is 0.121. The molecule has 0 aliphatic rings. The molecule has 0 saturated carbocycles. The van der Waals surface area contributed by atoms with Crippen LogP contribution < -0.4 is 31.8 Å². The van der Waals surface area contributed by atoms with Gasteiger partial charge in [0.05, 0.1) is 0 Å². The molecule has 0 spiro atoms. The van der Waals surface area contributed by atoms with Crippen LogP contribution in [0.25, 0.3) is 0 Å². The van der Waals surface area contributed by atoms with E-state index < -0.39 is 25.6 Å². The van der Waals surface area contributed by atoms with E-state index in [9.17, 15) is 0 Å². The Bertz CT molecular complexity index is 1310. The van der Waals surface area contributed by atoms with Gasteiger partial charge in [0.25, 0.3) is 0 Å². The van der Waals surface area contributed by atoms with Gasteiger partial charge in [-0.15, -0.1) is 0 Å². The zero-order valence-electron chi connectivity index (χ0n) is 22.0. The van der Waals surface area contributed by atoms with Crippen molar-refractivity contribution in [3.8, 4) is 0 Å². The first-order valence-corrected chi connectivity index (χ1v) is 23.7. The van der Waals surface area contributed by atoms with Gasteiger partial charge in [-0.05, 0) is 0 Å². The molecule has 0 saturated heterocycles. The second-order valence-electron chi connectivity index (χ2n) is 9.62. The van der Waals surface area contributed by atoms with Crippen molar-refractivity contribution in [1.82, 2.24) is 0 Å². The Morgan fingerprint density at radius 2 is 0.425 bits per heavy atom. The Labute approximate surface area is 247 Å². The summed E-state index contributed by atoms with van der Waals surface area (Å²) in [4.78, 5) is 0. The number of hydrogen-bond acceptors (Lipinski definition) is 0. The summed E-state index contributed by atoms with van der Waals surface area (Å²) in [7, 11) is 8.57. The molecule has 6 aromatic rings. The van der Waals surface area contributed by atoms with Crippen LogP contribution in [0.5, 0.6) is 0 Å². The van der Waals surface area contributed by atoms with Gasteiger partial charge in [-0.3, -0.25) is 0 Å². The normalized spacial score (nSPS) is 12.9. The number of hydrogen-bond donors (Lipinski definition) is 0. The molecular weight excluding hydrogens is 636 g/mol. The summed E-state index contributed by atoms with van der Waals surface area (Å²) in [6.07, 6.45) is 0. The van der Waals surface area contributed by atoms with Crippen LogP contribution in [0, 0.1) is 0 Å². The van der Waals surface area contributed by atoms with Crippen molar-refractivity contribution < 1.29 is 14.7 Å². The summed E-state index contributed by atoms with van der Waals surface area (Å²) in [6, 6.07) is 67.0. The van der Waals surface area contributed by atoms with Crippen LogP contribution in [-0.2, 0) is 14.7 Å². The molecule has 0 N–H and O–H groups in total. The van der Waals surface area contributed by atoms with Crippen molar-refractivity contribution in [3.05, 3.63) is 182 Å². The maximum atomic E-state index is 8.57. The van der Waals surface area contributed by atoms with Crippen LogP contribution in [0.2, 0.25) is 0 Å². The van der Waals surface area contributed by atoms with Gasteiger partial charge in [0.2, 0.25) is 0 Å². The number of halogens is 1. The second kappa shape index (κ2) is 12.3. The van der Waals surface area contributed by atoms with E-state index in [1.54, 1.807) is 0 Å². The molecule has 0 amide bonds. The average Bonchev–Trinajstić information content (AvgIpc) is 3.05. The Morgan fingerprint density at radius 1 is 0.275 bits per heavy atom. The van der Waals surface area contributed by atoms with Gasteiger partial charge in [0, 0.05) is 0 Å². The van der Waals surface area contributed by atoms with Crippen LogP contribution in [0.3, 0.4) is 0 Å². The molecule has 204 valence electrons. The molecular formula is C36H32ClP2Pd-. The van der Waals surface area contributed by atoms with Crippen LogP contribution in [0.4, 0.5) is 0 Å². The van der Waals surface area contributed by atoms with Crippen molar-refractivity contribution >= 4 is 52.3 Å². The van der Waals surface area contributed by atoms with Gasteiger partial charge < -0.3 is 0 Å². The van der Waals surface area contributed by atoms with E-state index in [0.29, 0.717) is 0 Å². The molecule has 0 radical (unpaired) electrons. The van der Waals surface area contributed by atoms with E-state index >= 15 is 0 Å². The van der Waals surface area contributed by atoms with Gasteiger partial charge in [-0.2, -0.15) is 0 Å². The maximum absolute atomic E-state index is 8.57. The Kier molecular flexibility index (Phi) is 8.42. The number of benzene rings is 6. The van der Waals surface area contributed by atoms with E-state index in [-0.39, 0.29) is 0 Å². The van der Waals surface area contributed by atoms with E-state index in [1.165, 1.54) is 31.8 Å². The Hall–Kier alpha value is -2.87. The third-order valence-electron chi connectivity index (χ3n) is 7.34. The molecule has 4 heteroatoms. The molecule has 0 aromatic heterocycles. The zero-order chi connectivity index (χ0) is 27.3. The minimum absolute atomic E-state index is 1.38. The Balaban J connectivity index is 1.81. The summed E-state index contributed by atoms with van der Waals surface area (Å²) < 4.78 is 0. The summed E-state index contributed by atoms with van der Waals surface area (Å²) in [5, 5.41) is 8.27. The summed E-state index contributed by atoms with van der Waals surface area (Å²) in [5.74, 6) is 0. The predicted octanol–water partition coefficient (Wildman–Crippen LogP) is 7.04. The summed E-state index contributed by atoms with van der Waals surface area (Å²) >= 11 is -1.97. The fraction of sp³-hybridized carbons (Fsp3) is 0. The SMILES string of the molecule is [Cl][Pd-]([PH](c1ccccc1)(c1ccccc1)c1ccccc1)[PH](c1ccccc1)(c1ccccc1)c1ccccc1. The second-order valence-corrected chi connectivity index (χ2v) is 32.9. The molecule has 6 aromatic carbocycles. The molecule has 0 aliphatic heterocycles. The first-order chi connectivity index (χ1) is 19.8. The van der Waals surface area contributed by atoms with Crippen LogP contribution in [0.15, 0.2) is 182 Å². The first kappa shape index (κ1) is 27.3. The summed E-state index contributed by atoms with van der Waals surface area (Å²) in [6.45, 7) is 0. The zero-order valence-corrected chi connectivity index (χ0v) is 26.3. The standard InChI is InChI=1S/2C18H15P.ClH.Pd/c2*1-4-10-16(11-5-1)19(17-12-6-2-7-13-17)18-14-8-3-9-15-18;;/h2*1-15H;1H;/q;;;-2/p+1. The van der Waals surface area contributed by atoms with Crippen molar-refractivity contribution in [2.24, 2.45) is 0 Å². The van der Waals surface area contributed by atoms with Crippen LogP contribution >= 0.6 is 20.4 Å². The number of rotatable bonds is 8. The minimum atomic E-state index is -2.77. The van der Waals surface area contributed by atoms with E-state index in [1.807, 2.05) is 0 Å². The van der Waals surface area contributed by atoms with Crippen LogP contribution in [0.1, 0.15) is 0 Å². The monoisotopic (exact) mass is 667 g/mol. The van der Waals surface area contributed by atoms with Crippen molar-refractivity contribution in [3.63, 3.8) is 0 Å². The van der Waals surface area contributed by atoms with Gasteiger partial charge in [-0.1, -0.05) is 0 Å². The fourth-order valence-electron chi connectivity index (χ4n) is 5.60. The Morgan fingerprint density at radius 3 is 0.575 bits per heavy atom. The molecule has 6 rings (SSSR count). The van der Waals surface area contributed by atoms with Gasteiger partial charge in [0.15, 0.2) is 0 Å². The average molecular weight is 668 g/mol. The fourth-order valence-corrected chi connectivity index (χ4v) is 50.5. The predicted molar refractivity (Wildman–Crippen MR) is 179 cm³/mol. The molecule has 0 atom stereocenters. The van der Waals surface area contributed by atoms with E-state index in [4.69, 9.17) is 9.53 Å². The van der Waals surface area contributed by atoms with Crippen molar-refractivity contribution in [2.45, 2.75) is 0 Å². The van der Waals surface area contributed by atoms with Gasteiger partial charge >= 0.3 is 249 Å². The van der Waals surface area contributed by atoms with Crippen molar-refractivity contribution in [1.29, 1.82) is 0 Å².